The number of amides is 3. The van der Waals surface area contributed by atoms with Gasteiger partial charge >= 0.3 is 0 Å². The van der Waals surface area contributed by atoms with Crippen LogP contribution in [0, 0.1) is 17.5 Å². The molecule has 252 valence electrons. The van der Waals surface area contributed by atoms with Gasteiger partial charge in [0.15, 0.2) is 11.6 Å². The Balaban J connectivity index is 1.31. The minimum atomic E-state index is -1.31. The summed E-state index contributed by atoms with van der Waals surface area (Å²) in [6.07, 6.45) is 8.99. The Hall–Kier alpha value is -4.62. The van der Waals surface area contributed by atoms with Crippen molar-refractivity contribution >= 4 is 30.1 Å². The van der Waals surface area contributed by atoms with Crippen molar-refractivity contribution in [1.82, 2.24) is 20.2 Å². The molecule has 1 fully saturated rings. The number of fused-ring (bicyclic) bond motifs is 7. The van der Waals surface area contributed by atoms with Crippen LogP contribution in [0.5, 0.6) is 0 Å². The molecule has 10 nitrogen and oxygen atoms in total. The molecule has 4 atom stereocenters. The third-order valence-electron chi connectivity index (χ3n) is 9.28. The first-order chi connectivity index (χ1) is 23.2. The average molecular weight is 664 g/mol. The maximum absolute atomic E-state index is 15.1. The van der Waals surface area contributed by atoms with Crippen LogP contribution in [-0.4, -0.2) is 78.1 Å². The molecule has 0 radical (unpaired) electrons. The van der Waals surface area contributed by atoms with Gasteiger partial charge in [0.25, 0.3) is 5.91 Å². The number of aromatic nitrogens is 2. The average Bonchev–Trinajstić information content (AvgIpc) is 3.51. The quantitative estimate of drug-likeness (QED) is 0.317. The maximum Gasteiger partial charge on any atom is 0.253 e. The first-order valence-corrected chi connectivity index (χ1v) is 16.0. The van der Waals surface area contributed by atoms with E-state index in [4.69, 9.17) is 9.47 Å². The molecule has 2 N–H and O–H groups in total. The van der Waals surface area contributed by atoms with Crippen LogP contribution in [0.4, 0.5) is 19.0 Å². The highest BCUT2D eigenvalue weighted by molar-refractivity contribution is 5.98. The molecule has 1 aliphatic carbocycles. The summed E-state index contributed by atoms with van der Waals surface area (Å²) in [5.41, 5.74) is 3.05. The molecule has 4 heterocycles. The van der Waals surface area contributed by atoms with Crippen LogP contribution < -0.4 is 10.6 Å². The van der Waals surface area contributed by atoms with E-state index in [1.165, 1.54) is 11.1 Å². The largest absolute Gasteiger partial charge is 0.380 e. The highest BCUT2D eigenvalue weighted by atomic mass is 19.2. The Labute approximate surface area is 275 Å². The van der Waals surface area contributed by atoms with Crippen LogP contribution in [0.15, 0.2) is 42.7 Å². The molecule has 1 saturated heterocycles. The van der Waals surface area contributed by atoms with E-state index in [0.29, 0.717) is 51.3 Å². The van der Waals surface area contributed by atoms with Crippen molar-refractivity contribution in [3.8, 4) is 0 Å². The molecule has 7 bridgehead atoms. The Morgan fingerprint density at radius 2 is 1.83 bits per heavy atom. The van der Waals surface area contributed by atoms with E-state index in [0.717, 1.165) is 34.5 Å². The second kappa shape index (κ2) is 14.7. The van der Waals surface area contributed by atoms with E-state index in [2.05, 4.69) is 20.6 Å². The maximum atomic E-state index is 15.1. The summed E-state index contributed by atoms with van der Waals surface area (Å²) in [6.45, 7) is 3.03. The van der Waals surface area contributed by atoms with Gasteiger partial charge in [-0.05, 0) is 79.5 Å². The lowest BCUT2D eigenvalue weighted by molar-refractivity contribution is -0.140. The number of anilines is 1. The molecule has 0 spiro atoms. The molecule has 0 saturated carbocycles. The van der Waals surface area contributed by atoms with Gasteiger partial charge < -0.3 is 25.0 Å². The van der Waals surface area contributed by atoms with Gasteiger partial charge in [-0.3, -0.25) is 19.4 Å². The van der Waals surface area contributed by atoms with Gasteiger partial charge in [0.1, 0.15) is 17.7 Å². The van der Waals surface area contributed by atoms with Crippen LogP contribution in [0.25, 0.3) is 6.08 Å². The van der Waals surface area contributed by atoms with E-state index < -0.39 is 52.8 Å². The standard InChI is InChI=1S/C35H36F3N5O5/c1-20-25(31-27(36)5-6-28(37)32(31)38)16-30-35(46)43(20)7-11-48-10-3-9-47-8-2-4-21-12-26(33(40-17-21)41-19-44)22-13-23-14-24(34(45)42-30)18-39-29(23)15-22/h2,4-6,12,14,17-20,22,25,30H,3,7-11,13,15-16H2,1H3,(H,42,45)(H,40,41,44)/b4-2+. The van der Waals surface area contributed by atoms with Gasteiger partial charge in [0.2, 0.25) is 12.3 Å². The lowest BCUT2D eigenvalue weighted by Crippen LogP contribution is -2.58. The zero-order valence-electron chi connectivity index (χ0n) is 26.4. The third kappa shape index (κ3) is 6.97. The van der Waals surface area contributed by atoms with Gasteiger partial charge in [-0.2, -0.15) is 0 Å². The van der Waals surface area contributed by atoms with Crippen molar-refractivity contribution < 1.29 is 37.0 Å². The van der Waals surface area contributed by atoms with E-state index >= 15 is 8.78 Å². The van der Waals surface area contributed by atoms with Crippen molar-refractivity contribution in [3.05, 3.63) is 93.7 Å². The zero-order chi connectivity index (χ0) is 33.8. The number of carbonyl (C=O) groups is 3. The summed E-state index contributed by atoms with van der Waals surface area (Å²) in [5.74, 6) is -5.02. The number of piperidine rings is 1. The highest BCUT2D eigenvalue weighted by Gasteiger charge is 2.43. The SMILES string of the molecule is CC1C(c2c(F)ccc(F)c2F)CC2NC(=O)c3cnc4c(c3)CC(C4)c3cc(cnc3NC=O)/C=C/COCCCOCCN1C2=O. The van der Waals surface area contributed by atoms with E-state index in [1.54, 1.807) is 19.2 Å². The minimum Gasteiger partial charge on any atom is -0.380 e. The second-order valence-corrected chi connectivity index (χ2v) is 12.2. The van der Waals surface area contributed by atoms with E-state index in [1.807, 2.05) is 18.2 Å². The number of benzene rings is 1. The molecule has 6 rings (SSSR count). The lowest BCUT2D eigenvalue weighted by Gasteiger charge is -2.43. The molecule has 4 unspecified atom stereocenters. The topological polar surface area (TPSA) is 123 Å². The molecule has 1 aromatic carbocycles. The normalized spacial score (nSPS) is 24.2. The fourth-order valence-corrected chi connectivity index (χ4v) is 6.84. The Bertz CT molecular complexity index is 1740. The Morgan fingerprint density at radius 3 is 2.67 bits per heavy atom. The van der Waals surface area contributed by atoms with Gasteiger partial charge in [-0.25, -0.2) is 18.2 Å². The number of hydrogen-bond donors (Lipinski definition) is 2. The molecule has 3 aromatic rings. The number of nitrogens with zero attached hydrogens (tertiary/aromatic N) is 3. The van der Waals surface area contributed by atoms with Crippen molar-refractivity contribution in [3.63, 3.8) is 0 Å². The van der Waals surface area contributed by atoms with Crippen molar-refractivity contribution in [2.75, 3.05) is 38.3 Å². The highest BCUT2D eigenvalue weighted by Crippen LogP contribution is 2.38. The molecule has 3 amide bonds. The lowest BCUT2D eigenvalue weighted by atomic mass is 9.81. The summed E-state index contributed by atoms with van der Waals surface area (Å²) in [6, 6.07) is 3.42. The number of pyridine rings is 2. The summed E-state index contributed by atoms with van der Waals surface area (Å²) >= 11 is 0. The number of rotatable bonds is 3. The molecule has 2 aromatic heterocycles. The predicted octanol–water partition coefficient (Wildman–Crippen LogP) is 4.30. The number of nitrogens with one attached hydrogen (secondary N) is 2. The summed E-state index contributed by atoms with van der Waals surface area (Å²) < 4.78 is 55.8. The van der Waals surface area contributed by atoms with Gasteiger partial charge in [-0.1, -0.05) is 12.2 Å². The number of carbonyl (C=O) groups excluding carboxylic acids is 3. The van der Waals surface area contributed by atoms with E-state index in [-0.39, 0.29) is 31.1 Å². The monoisotopic (exact) mass is 663 g/mol. The Morgan fingerprint density at radius 1 is 1.02 bits per heavy atom. The van der Waals surface area contributed by atoms with Gasteiger partial charge in [-0.15, -0.1) is 0 Å². The first-order valence-electron chi connectivity index (χ1n) is 16.0. The summed E-state index contributed by atoms with van der Waals surface area (Å²) in [4.78, 5) is 49.1. The van der Waals surface area contributed by atoms with Crippen LogP contribution >= 0.6 is 0 Å². The molecule has 13 heteroatoms. The Kier molecular flexibility index (Phi) is 10.2. The van der Waals surface area contributed by atoms with Crippen molar-refractivity contribution in [1.29, 1.82) is 0 Å². The van der Waals surface area contributed by atoms with Crippen molar-refractivity contribution in [2.24, 2.45) is 0 Å². The number of hydrogen-bond acceptors (Lipinski definition) is 7. The second-order valence-electron chi connectivity index (χ2n) is 12.2. The fourth-order valence-electron chi connectivity index (χ4n) is 6.84. The number of halogens is 3. The summed E-state index contributed by atoms with van der Waals surface area (Å²) in [5, 5.41) is 5.44. The molecular formula is C35H36F3N5O5. The third-order valence-corrected chi connectivity index (χ3v) is 9.28. The van der Waals surface area contributed by atoms with E-state index in [9.17, 15) is 18.8 Å². The minimum absolute atomic E-state index is 0.0706. The molecule has 3 aliphatic rings. The smallest absolute Gasteiger partial charge is 0.253 e. The zero-order valence-corrected chi connectivity index (χ0v) is 26.4. The van der Waals surface area contributed by atoms with Crippen LogP contribution in [0.2, 0.25) is 0 Å². The van der Waals surface area contributed by atoms with Crippen molar-refractivity contribution in [2.45, 2.75) is 56.5 Å². The van der Waals surface area contributed by atoms with Gasteiger partial charge in [0, 0.05) is 55.4 Å². The molecular weight excluding hydrogens is 627 g/mol. The van der Waals surface area contributed by atoms with Crippen LogP contribution in [-0.2, 0) is 31.9 Å². The predicted molar refractivity (Wildman–Crippen MR) is 170 cm³/mol. The fraction of sp³-hybridized carbons (Fsp3) is 0.400. The van der Waals surface area contributed by atoms with Crippen LogP contribution in [0.1, 0.15) is 69.9 Å². The van der Waals surface area contributed by atoms with Gasteiger partial charge in [0.05, 0.1) is 18.8 Å². The molecule has 2 aliphatic heterocycles. The summed E-state index contributed by atoms with van der Waals surface area (Å²) in [7, 11) is 0. The molecule has 48 heavy (non-hydrogen) atoms. The number of ether oxygens (including phenoxy) is 2. The van der Waals surface area contributed by atoms with Crippen LogP contribution in [0.3, 0.4) is 0 Å². The first kappa shape index (κ1) is 33.3.